The maximum absolute atomic E-state index is 12.5. The van der Waals surface area contributed by atoms with E-state index in [2.05, 4.69) is 46.4 Å². The zero-order valence-electron chi connectivity index (χ0n) is 20.3. The van der Waals surface area contributed by atoms with Crippen LogP contribution in [0.4, 0.5) is 5.69 Å². The second kappa shape index (κ2) is 9.96. The fourth-order valence-corrected chi connectivity index (χ4v) is 3.39. The molecule has 0 aliphatic heterocycles. The molecule has 2 heterocycles. The van der Waals surface area contributed by atoms with Gasteiger partial charge in [-0.3, -0.25) is 4.79 Å². The van der Waals surface area contributed by atoms with Gasteiger partial charge in [-0.25, -0.2) is 0 Å². The molecule has 0 aliphatic rings. The smallest absolute Gasteiger partial charge is 0.257 e. The Bertz CT molecular complexity index is 1320. The first kappa shape index (κ1) is 23.9. The summed E-state index contributed by atoms with van der Waals surface area (Å²) in [5, 5.41) is 10.8. The molecule has 0 unspecified atom stereocenters. The molecule has 4 aromatic rings. The number of hydrogen-bond donors (Lipinski definition) is 1. The average Bonchev–Trinajstić information content (AvgIpc) is 3.47. The van der Waals surface area contributed by atoms with Crippen LogP contribution in [-0.4, -0.2) is 40.4 Å². The zero-order chi connectivity index (χ0) is 25.0. The number of methoxy groups -OCH3 is 2. The van der Waals surface area contributed by atoms with Gasteiger partial charge in [-0.05, 0) is 29.7 Å². The Balaban J connectivity index is 1.44. The molecule has 10 heteroatoms. The van der Waals surface area contributed by atoms with Crippen molar-refractivity contribution in [3.8, 4) is 34.3 Å². The molecule has 35 heavy (non-hydrogen) atoms. The highest BCUT2D eigenvalue weighted by Crippen LogP contribution is 2.30. The minimum atomic E-state index is -0.295. The minimum absolute atomic E-state index is 0.0392. The molecule has 0 radical (unpaired) electrons. The summed E-state index contributed by atoms with van der Waals surface area (Å²) in [7, 11) is 3.08. The van der Waals surface area contributed by atoms with Crippen LogP contribution in [0.5, 0.6) is 11.5 Å². The molecular formula is C25H27N5O5. The minimum Gasteiger partial charge on any atom is -0.493 e. The van der Waals surface area contributed by atoms with E-state index in [4.69, 9.17) is 18.5 Å². The van der Waals surface area contributed by atoms with E-state index in [-0.39, 0.29) is 23.6 Å². The summed E-state index contributed by atoms with van der Waals surface area (Å²) in [6.45, 7) is 6.33. The first-order valence-corrected chi connectivity index (χ1v) is 11.0. The number of nitrogens with zero attached hydrogens (tertiary/aromatic N) is 4. The van der Waals surface area contributed by atoms with Gasteiger partial charge in [0.25, 0.3) is 5.89 Å². The summed E-state index contributed by atoms with van der Waals surface area (Å²) in [5.74, 6) is 2.41. The fraction of sp³-hybridized carbons (Fsp3) is 0.320. The zero-order valence-corrected chi connectivity index (χ0v) is 20.3. The summed E-state index contributed by atoms with van der Waals surface area (Å²) in [5.41, 5.74) is 2.05. The van der Waals surface area contributed by atoms with Gasteiger partial charge in [0, 0.05) is 29.3 Å². The van der Waals surface area contributed by atoms with Gasteiger partial charge in [0.05, 0.1) is 20.6 Å². The third kappa shape index (κ3) is 6.03. The molecule has 0 saturated heterocycles. The number of benzene rings is 2. The van der Waals surface area contributed by atoms with Crippen molar-refractivity contribution in [3.63, 3.8) is 0 Å². The van der Waals surface area contributed by atoms with Gasteiger partial charge >= 0.3 is 0 Å². The number of amides is 1. The number of ether oxygens (including phenoxy) is 2. The summed E-state index contributed by atoms with van der Waals surface area (Å²) < 4.78 is 21.3. The van der Waals surface area contributed by atoms with Crippen LogP contribution in [0.15, 0.2) is 51.5 Å². The monoisotopic (exact) mass is 477 g/mol. The number of carbonyl (C=O) groups is 1. The van der Waals surface area contributed by atoms with E-state index < -0.39 is 0 Å². The highest BCUT2D eigenvalue weighted by Gasteiger charge is 2.18. The molecular weight excluding hydrogens is 450 g/mol. The number of rotatable bonds is 8. The number of anilines is 1. The van der Waals surface area contributed by atoms with Crippen LogP contribution in [-0.2, 0) is 17.6 Å². The number of aromatic nitrogens is 4. The Morgan fingerprint density at radius 1 is 0.943 bits per heavy atom. The molecule has 182 valence electrons. The Hall–Kier alpha value is -4.21. The van der Waals surface area contributed by atoms with Crippen molar-refractivity contribution in [2.75, 3.05) is 19.5 Å². The molecule has 0 saturated carbocycles. The van der Waals surface area contributed by atoms with E-state index in [1.165, 1.54) is 7.11 Å². The van der Waals surface area contributed by atoms with Crippen molar-refractivity contribution < 1.29 is 23.3 Å². The molecule has 0 fully saturated rings. The average molecular weight is 478 g/mol. The van der Waals surface area contributed by atoms with Crippen LogP contribution in [0.2, 0.25) is 0 Å². The molecule has 10 nitrogen and oxygen atoms in total. The van der Waals surface area contributed by atoms with Crippen LogP contribution in [0, 0.1) is 5.41 Å². The predicted molar refractivity (Wildman–Crippen MR) is 128 cm³/mol. The second-order valence-corrected chi connectivity index (χ2v) is 9.14. The summed E-state index contributed by atoms with van der Waals surface area (Å²) >= 11 is 0. The van der Waals surface area contributed by atoms with Crippen molar-refractivity contribution in [2.45, 2.75) is 33.6 Å². The Morgan fingerprint density at radius 2 is 1.71 bits per heavy atom. The lowest BCUT2D eigenvalue weighted by atomic mass is 9.92. The van der Waals surface area contributed by atoms with E-state index in [9.17, 15) is 4.79 Å². The first-order valence-electron chi connectivity index (χ1n) is 11.0. The van der Waals surface area contributed by atoms with Crippen LogP contribution in [0.25, 0.3) is 22.8 Å². The maximum Gasteiger partial charge on any atom is 0.257 e. The molecule has 2 aromatic heterocycles. The molecule has 2 aromatic carbocycles. The van der Waals surface area contributed by atoms with Crippen molar-refractivity contribution in [1.82, 2.24) is 20.3 Å². The van der Waals surface area contributed by atoms with Crippen molar-refractivity contribution >= 4 is 11.6 Å². The Morgan fingerprint density at radius 3 is 2.46 bits per heavy atom. The first-order chi connectivity index (χ1) is 16.7. The number of nitrogens with one attached hydrogen (secondary N) is 1. The second-order valence-electron chi connectivity index (χ2n) is 9.14. The van der Waals surface area contributed by atoms with E-state index in [0.29, 0.717) is 46.8 Å². The lowest BCUT2D eigenvalue weighted by molar-refractivity contribution is -0.115. The van der Waals surface area contributed by atoms with Gasteiger partial charge in [-0.1, -0.05) is 43.2 Å². The fourth-order valence-electron chi connectivity index (χ4n) is 3.39. The SMILES string of the molecule is COc1ccc(NC(=O)Cc2noc(-c3cccc(-c4noc(CC(C)(C)C)n4)c3)n2)cc1OC. The van der Waals surface area contributed by atoms with Gasteiger partial charge in [-0.15, -0.1) is 0 Å². The van der Waals surface area contributed by atoms with E-state index in [1.807, 2.05) is 24.3 Å². The number of hydrogen-bond acceptors (Lipinski definition) is 9. The third-order valence-corrected chi connectivity index (χ3v) is 4.97. The highest BCUT2D eigenvalue weighted by molar-refractivity contribution is 5.92. The summed E-state index contributed by atoms with van der Waals surface area (Å²) in [6, 6.07) is 12.5. The lowest BCUT2D eigenvalue weighted by Crippen LogP contribution is -2.15. The van der Waals surface area contributed by atoms with Crippen LogP contribution < -0.4 is 14.8 Å². The van der Waals surface area contributed by atoms with Crippen LogP contribution >= 0.6 is 0 Å². The molecule has 0 aliphatic carbocycles. The molecule has 1 N–H and O–H groups in total. The molecule has 4 rings (SSSR count). The van der Waals surface area contributed by atoms with E-state index >= 15 is 0 Å². The Labute approximate surface area is 202 Å². The van der Waals surface area contributed by atoms with Gasteiger partial charge in [-0.2, -0.15) is 9.97 Å². The summed E-state index contributed by atoms with van der Waals surface area (Å²) in [6.07, 6.45) is 0.622. The topological polar surface area (TPSA) is 125 Å². The molecule has 1 amide bonds. The highest BCUT2D eigenvalue weighted by atomic mass is 16.5. The van der Waals surface area contributed by atoms with Crippen LogP contribution in [0.3, 0.4) is 0 Å². The third-order valence-electron chi connectivity index (χ3n) is 4.97. The van der Waals surface area contributed by atoms with Crippen molar-refractivity contribution in [3.05, 3.63) is 54.2 Å². The molecule has 0 spiro atoms. The largest absolute Gasteiger partial charge is 0.493 e. The van der Waals surface area contributed by atoms with Gasteiger partial charge in [0.2, 0.25) is 17.6 Å². The van der Waals surface area contributed by atoms with E-state index in [1.54, 1.807) is 25.3 Å². The van der Waals surface area contributed by atoms with Gasteiger partial charge < -0.3 is 23.8 Å². The molecule has 0 bridgehead atoms. The summed E-state index contributed by atoms with van der Waals surface area (Å²) in [4.78, 5) is 21.3. The quantitative estimate of drug-likeness (QED) is 0.388. The standard InChI is InChI=1S/C25H27N5O5/c1-25(2,3)14-22-28-23(30-34-22)15-7-6-8-16(11-15)24-27-20(29-35-24)13-21(31)26-17-9-10-18(32-4)19(12-17)33-5/h6-12H,13-14H2,1-5H3,(H,26,31). The number of carbonyl (C=O) groups excluding carboxylic acids is 1. The van der Waals surface area contributed by atoms with E-state index in [0.717, 1.165) is 5.56 Å². The Kier molecular flexibility index (Phi) is 6.81. The van der Waals surface area contributed by atoms with Crippen molar-refractivity contribution in [2.24, 2.45) is 5.41 Å². The van der Waals surface area contributed by atoms with Gasteiger partial charge in [0.1, 0.15) is 0 Å². The van der Waals surface area contributed by atoms with Crippen LogP contribution in [0.1, 0.15) is 32.5 Å². The maximum atomic E-state index is 12.5. The van der Waals surface area contributed by atoms with Crippen molar-refractivity contribution in [1.29, 1.82) is 0 Å². The van der Waals surface area contributed by atoms with Gasteiger partial charge in [0.15, 0.2) is 17.3 Å². The normalized spacial score (nSPS) is 11.3. The lowest BCUT2D eigenvalue weighted by Gasteiger charge is -2.13. The predicted octanol–water partition coefficient (Wildman–Crippen LogP) is 4.57. The molecule has 0 atom stereocenters.